The molecular weight excluding hydrogens is 402 g/mol. The van der Waals surface area contributed by atoms with Crippen molar-refractivity contribution in [2.75, 3.05) is 13.1 Å². The van der Waals surface area contributed by atoms with E-state index in [4.69, 9.17) is 14.6 Å². The number of hydrogen-bond acceptors (Lipinski definition) is 6. The SMILES string of the molecule is CC(C)(NC(=O)OCc1ccccc1)c1ccnc(O[C@@H]2[C@@H]3C[N+]([O-])(C(=O)O)C[C@@H]32)c1. The maximum absolute atomic E-state index is 12.3. The van der Waals surface area contributed by atoms with Crippen LogP contribution in [0.5, 0.6) is 5.88 Å². The van der Waals surface area contributed by atoms with Crippen molar-refractivity contribution in [1.82, 2.24) is 10.3 Å². The number of nitrogens with zero attached hydrogens (tertiary/aromatic N) is 2. The number of aromatic nitrogens is 1. The van der Waals surface area contributed by atoms with Crippen molar-refractivity contribution in [3.63, 3.8) is 0 Å². The molecule has 0 bridgehead atoms. The van der Waals surface area contributed by atoms with Crippen LogP contribution in [-0.4, -0.2) is 46.1 Å². The maximum Gasteiger partial charge on any atom is 0.513 e. The number of hydrogen-bond donors (Lipinski definition) is 2. The van der Waals surface area contributed by atoms with Gasteiger partial charge in [-0.2, -0.15) is 4.79 Å². The number of carboxylic acid groups (broad SMARTS) is 1. The maximum atomic E-state index is 12.3. The van der Waals surface area contributed by atoms with Crippen LogP contribution in [0.15, 0.2) is 48.7 Å². The van der Waals surface area contributed by atoms with E-state index in [1.807, 2.05) is 44.2 Å². The van der Waals surface area contributed by atoms with E-state index in [1.165, 1.54) is 0 Å². The van der Waals surface area contributed by atoms with Gasteiger partial charge in [0.15, 0.2) is 0 Å². The van der Waals surface area contributed by atoms with Gasteiger partial charge in [-0.25, -0.2) is 9.78 Å². The highest BCUT2D eigenvalue weighted by Gasteiger charge is 2.65. The van der Waals surface area contributed by atoms with Crippen LogP contribution >= 0.6 is 0 Å². The number of nitrogens with one attached hydrogen (secondary N) is 1. The van der Waals surface area contributed by atoms with Gasteiger partial charge in [0.05, 0.1) is 30.5 Å². The number of benzene rings is 1. The second kappa shape index (κ2) is 7.82. The minimum atomic E-state index is -1.35. The topological polar surface area (TPSA) is 121 Å². The number of hydroxylamine groups is 3. The van der Waals surface area contributed by atoms with Gasteiger partial charge >= 0.3 is 12.2 Å². The Balaban J connectivity index is 1.33. The van der Waals surface area contributed by atoms with Crippen LogP contribution in [0.2, 0.25) is 0 Å². The number of rotatable bonds is 6. The molecule has 9 heteroatoms. The Bertz CT molecular complexity index is 968. The Morgan fingerprint density at radius 1 is 1.23 bits per heavy atom. The third-order valence-corrected chi connectivity index (χ3v) is 5.95. The first-order valence-corrected chi connectivity index (χ1v) is 10.1. The summed E-state index contributed by atoms with van der Waals surface area (Å²) in [7, 11) is 0. The van der Waals surface area contributed by atoms with Crippen molar-refractivity contribution >= 4 is 12.2 Å². The second-order valence-corrected chi connectivity index (χ2v) is 8.64. The molecular formula is C22H25N3O6. The molecule has 0 radical (unpaired) electrons. The van der Waals surface area contributed by atoms with E-state index in [2.05, 4.69) is 10.3 Å². The highest BCUT2D eigenvalue weighted by molar-refractivity contribution is 5.68. The van der Waals surface area contributed by atoms with E-state index in [0.29, 0.717) is 5.88 Å². The van der Waals surface area contributed by atoms with E-state index in [0.717, 1.165) is 11.1 Å². The van der Waals surface area contributed by atoms with E-state index >= 15 is 0 Å². The fraction of sp³-hybridized carbons (Fsp3) is 0.409. The molecule has 2 aliphatic rings. The van der Waals surface area contributed by atoms with Gasteiger partial charge in [-0.1, -0.05) is 30.3 Å². The summed E-state index contributed by atoms with van der Waals surface area (Å²) in [5, 5.41) is 24.0. The van der Waals surface area contributed by atoms with Gasteiger partial charge in [-0.15, -0.1) is 0 Å². The van der Waals surface area contributed by atoms with Crippen LogP contribution in [0.25, 0.3) is 0 Å². The summed E-state index contributed by atoms with van der Waals surface area (Å²) in [4.78, 5) is 27.6. The van der Waals surface area contributed by atoms with Gasteiger partial charge < -0.3 is 25.1 Å². The smallest absolute Gasteiger partial charge is 0.513 e. The molecule has 31 heavy (non-hydrogen) atoms. The zero-order valence-corrected chi connectivity index (χ0v) is 17.4. The molecule has 1 aromatic heterocycles. The Hall–Kier alpha value is -3.17. The summed E-state index contributed by atoms with van der Waals surface area (Å²) < 4.78 is 10.0. The number of quaternary nitrogens is 1. The van der Waals surface area contributed by atoms with Crippen molar-refractivity contribution < 1.29 is 28.8 Å². The minimum absolute atomic E-state index is 0.0185. The standard InChI is InChI=1S/C22H25N3O6/c1-22(2,24-20(26)30-13-14-6-4-3-5-7-14)15-8-9-23-18(10-15)31-19-16-11-25(29,21(27)28)12-17(16)19/h3-10,16-17,19H,11-13H2,1-2H3,(H,24,26)(H,27,28)/t16-,17+,19-,25?. The molecule has 4 rings (SSSR count). The molecule has 2 N–H and O–H groups in total. The highest BCUT2D eigenvalue weighted by atomic mass is 16.6. The summed E-state index contributed by atoms with van der Waals surface area (Å²) >= 11 is 0. The molecule has 1 aliphatic heterocycles. The number of carbonyl (C=O) groups excluding carboxylic acids is 1. The largest absolute Gasteiger partial charge is 0.622 e. The number of fused-ring (bicyclic) bond motifs is 1. The quantitative estimate of drug-likeness (QED) is 0.536. The summed E-state index contributed by atoms with van der Waals surface area (Å²) in [5.41, 5.74) is 0.937. The number of ether oxygens (including phenoxy) is 2. The molecule has 2 amide bonds. The van der Waals surface area contributed by atoms with Crippen LogP contribution in [0.3, 0.4) is 0 Å². The molecule has 2 aromatic rings. The molecule has 164 valence electrons. The molecule has 9 nitrogen and oxygen atoms in total. The normalized spacial score (nSPS) is 26.6. The predicted molar refractivity (Wildman–Crippen MR) is 110 cm³/mol. The number of pyridine rings is 1. The third-order valence-electron chi connectivity index (χ3n) is 5.95. The Morgan fingerprint density at radius 2 is 1.90 bits per heavy atom. The van der Waals surface area contributed by atoms with Gasteiger partial charge in [0.25, 0.3) is 0 Å². The Labute approximate surface area is 179 Å². The third kappa shape index (κ3) is 4.47. The molecule has 2 fully saturated rings. The molecule has 1 aromatic carbocycles. The first-order valence-electron chi connectivity index (χ1n) is 10.1. The minimum Gasteiger partial charge on any atom is -0.622 e. The lowest BCUT2D eigenvalue weighted by Gasteiger charge is -2.33. The van der Waals surface area contributed by atoms with E-state index < -0.39 is 22.4 Å². The molecule has 1 saturated heterocycles. The molecule has 1 saturated carbocycles. The Morgan fingerprint density at radius 3 is 2.55 bits per heavy atom. The van der Waals surface area contributed by atoms with Gasteiger partial charge in [0.1, 0.15) is 12.7 Å². The zero-order valence-electron chi connectivity index (χ0n) is 17.4. The summed E-state index contributed by atoms with van der Waals surface area (Å²) in [5.74, 6) is 0.236. The summed E-state index contributed by atoms with van der Waals surface area (Å²) in [6.45, 7) is 3.90. The summed E-state index contributed by atoms with van der Waals surface area (Å²) in [6, 6.07) is 12.9. The molecule has 2 heterocycles. The van der Waals surface area contributed by atoms with Crippen molar-refractivity contribution in [3.8, 4) is 5.88 Å². The van der Waals surface area contributed by atoms with Gasteiger partial charge in [-0.05, 0) is 31.0 Å². The van der Waals surface area contributed by atoms with Crippen LogP contribution in [-0.2, 0) is 16.9 Å². The molecule has 1 aliphatic carbocycles. The number of carbonyl (C=O) groups is 2. The van der Waals surface area contributed by atoms with E-state index in [9.17, 15) is 14.8 Å². The van der Waals surface area contributed by atoms with Crippen molar-refractivity contribution in [2.45, 2.75) is 32.1 Å². The molecule has 0 spiro atoms. The average molecular weight is 427 g/mol. The fourth-order valence-corrected chi connectivity index (χ4v) is 4.06. The molecule has 4 atom stereocenters. The molecule has 1 unspecified atom stereocenters. The first-order chi connectivity index (χ1) is 14.7. The lowest BCUT2D eigenvalue weighted by Crippen LogP contribution is -2.47. The van der Waals surface area contributed by atoms with E-state index in [1.54, 1.807) is 18.3 Å². The van der Waals surface area contributed by atoms with Crippen molar-refractivity contribution in [2.24, 2.45) is 11.8 Å². The van der Waals surface area contributed by atoms with Gasteiger partial charge in [-0.3, -0.25) is 4.65 Å². The fourth-order valence-electron chi connectivity index (χ4n) is 4.06. The number of alkyl carbamates (subject to hydrolysis) is 1. The lowest BCUT2D eigenvalue weighted by molar-refractivity contribution is -0.800. The Kier molecular flexibility index (Phi) is 5.32. The average Bonchev–Trinajstić information content (AvgIpc) is 3.18. The number of piperidine rings is 1. The summed E-state index contributed by atoms with van der Waals surface area (Å²) in [6.07, 6.45) is -0.498. The van der Waals surface area contributed by atoms with Crippen molar-refractivity contribution in [1.29, 1.82) is 0 Å². The van der Waals surface area contributed by atoms with Crippen LogP contribution in [0, 0.1) is 17.0 Å². The van der Waals surface area contributed by atoms with Gasteiger partial charge in [0.2, 0.25) is 5.88 Å². The van der Waals surface area contributed by atoms with Crippen LogP contribution in [0.1, 0.15) is 25.0 Å². The highest BCUT2D eigenvalue weighted by Crippen LogP contribution is 2.50. The predicted octanol–water partition coefficient (Wildman–Crippen LogP) is 3.24. The van der Waals surface area contributed by atoms with Crippen LogP contribution in [0.4, 0.5) is 9.59 Å². The number of likely N-dealkylation sites (tertiary alicyclic amines) is 1. The second-order valence-electron chi connectivity index (χ2n) is 8.64. The lowest BCUT2D eigenvalue weighted by atomic mass is 9.95. The van der Waals surface area contributed by atoms with Crippen molar-refractivity contribution in [3.05, 3.63) is 65.0 Å². The number of amides is 2. The van der Waals surface area contributed by atoms with Crippen LogP contribution < -0.4 is 10.1 Å². The van der Waals surface area contributed by atoms with E-state index in [-0.39, 0.29) is 37.6 Å². The monoisotopic (exact) mass is 427 g/mol. The first kappa shape index (κ1) is 21.1. The van der Waals surface area contributed by atoms with Gasteiger partial charge in [0, 0.05) is 12.3 Å². The zero-order chi connectivity index (χ0) is 22.2.